The van der Waals surface area contributed by atoms with Crippen LogP contribution in [0, 0.1) is 12.3 Å². The van der Waals surface area contributed by atoms with E-state index in [-0.39, 0.29) is 11.4 Å². The molecule has 2 aromatic carbocycles. The second kappa shape index (κ2) is 8.85. The van der Waals surface area contributed by atoms with E-state index in [0.29, 0.717) is 24.1 Å². The summed E-state index contributed by atoms with van der Waals surface area (Å²) in [6.07, 6.45) is 1.62. The van der Waals surface area contributed by atoms with Gasteiger partial charge in [-0.3, -0.25) is 10.2 Å². The molecule has 0 spiro atoms. The number of ether oxygens (including phenoxy) is 2. The molecule has 2 heterocycles. The lowest BCUT2D eigenvalue weighted by atomic mass is 10.1. The number of benzene rings is 2. The van der Waals surface area contributed by atoms with Gasteiger partial charge in [-0.05, 0) is 76.1 Å². The van der Waals surface area contributed by atoms with Crippen molar-refractivity contribution in [3.05, 3.63) is 63.6 Å². The Labute approximate surface area is 186 Å². The molecule has 0 saturated heterocycles. The van der Waals surface area contributed by atoms with Crippen molar-refractivity contribution >= 4 is 56.2 Å². The van der Waals surface area contributed by atoms with Crippen LogP contribution in [-0.2, 0) is 4.79 Å². The van der Waals surface area contributed by atoms with Gasteiger partial charge in [0.1, 0.15) is 24.7 Å². The van der Waals surface area contributed by atoms with E-state index in [1.807, 2.05) is 43.3 Å². The van der Waals surface area contributed by atoms with Gasteiger partial charge in [-0.25, -0.2) is 0 Å². The minimum absolute atomic E-state index is 0.0102. The molecule has 2 aromatic rings. The van der Waals surface area contributed by atoms with Crippen molar-refractivity contribution in [3.63, 3.8) is 0 Å². The number of carbonyl (C=O) groups excluding carboxylic acids is 1. The zero-order valence-corrected chi connectivity index (χ0v) is 18.4. The number of carbonyl (C=O) groups is 1. The van der Waals surface area contributed by atoms with Gasteiger partial charge >= 0.3 is 0 Å². The van der Waals surface area contributed by atoms with Gasteiger partial charge in [0.05, 0.1) is 15.6 Å². The fourth-order valence-electron chi connectivity index (χ4n) is 2.84. The lowest BCUT2D eigenvalue weighted by Gasteiger charge is -2.20. The molecule has 0 fully saturated rings. The van der Waals surface area contributed by atoms with Gasteiger partial charge in [0.25, 0.3) is 5.91 Å². The van der Waals surface area contributed by atoms with Crippen LogP contribution in [0.3, 0.4) is 0 Å². The molecule has 0 atom stereocenters. The fraction of sp³-hybridized carbons (Fsp3) is 0.143. The van der Waals surface area contributed by atoms with E-state index in [1.165, 1.54) is 16.8 Å². The van der Waals surface area contributed by atoms with Crippen molar-refractivity contribution < 1.29 is 14.3 Å². The van der Waals surface area contributed by atoms with E-state index < -0.39 is 5.91 Å². The highest BCUT2D eigenvalue weighted by Gasteiger charge is 2.32. The zero-order chi connectivity index (χ0) is 21.1. The zero-order valence-electron chi connectivity index (χ0n) is 16.0. The SMILES string of the molecule is Cc1cccc(OCCOc2ccc(/C=C3/C(=N)N4N=CSC4=NC3=O)cc2Br)c1. The first kappa shape index (κ1) is 20.4. The maximum Gasteiger partial charge on any atom is 0.283 e. The Morgan fingerprint density at radius 2 is 2.03 bits per heavy atom. The molecule has 0 unspecified atom stereocenters. The van der Waals surface area contributed by atoms with Gasteiger partial charge < -0.3 is 9.47 Å². The third-order valence-corrected chi connectivity index (χ3v) is 5.56. The van der Waals surface area contributed by atoms with Gasteiger partial charge in [-0.1, -0.05) is 18.2 Å². The Morgan fingerprint density at radius 3 is 2.83 bits per heavy atom. The van der Waals surface area contributed by atoms with Crippen molar-refractivity contribution in [2.75, 3.05) is 13.2 Å². The molecule has 152 valence electrons. The number of aliphatic imine (C=N–C) groups is 1. The molecule has 1 amide bonds. The number of hydrazone groups is 1. The first-order chi connectivity index (χ1) is 14.5. The highest BCUT2D eigenvalue weighted by Crippen LogP contribution is 2.29. The summed E-state index contributed by atoms with van der Waals surface area (Å²) in [5.74, 6) is 1.03. The average Bonchev–Trinajstić information content (AvgIpc) is 3.18. The second-order valence-corrected chi connectivity index (χ2v) is 8.13. The number of nitrogens with one attached hydrogen (secondary N) is 1. The molecule has 30 heavy (non-hydrogen) atoms. The average molecular weight is 485 g/mol. The topological polar surface area (TPSA) is 87.3 Å². The third kappa shape index (κ3) is 4.47. The number of amides is 1. The summed E-state index contributed by atoms with van der Waals surface area (Å²) in [5.41, 5.74) is 3.62. The van der Waals surface area contributed by atoms with Crippen molar-refractivity contribution in [2.24, 2.45) is 10.1 Å². The van der Waals surface area contributed by atoms with Crippen LogP contribution in [0.4, 0.5) is 0 Å². The van der Waals surface area contributed by atoms with Crippen LogP contribution >= 0.6 is 27.7 Å². The first-order valence-electron chi connectivity index (χ1n) is 9.06. The van der Waals surface area contributed by atoms with Crippen LogP contribution < -0.4 is 9.47 Å². The molecule has 7 nitrogen and oxygen atoms in total. The highest BCUT2D eigenvalue weighted by molar-refractivity contribution is 9.10. The first-order valence-corrected chi connectivity index (χ1v) is 10.7. The van der Waals surface area contributed by atoms with E-state index in [1.54, 1.807) is 17.7 Å². The van der Waals surface area contributed by atoms with E-state index in [2.05, 4.69) is 26.0 Å². The van der Waals surface area contributed by atoms with E-state index in [9.17, 15) is 4.79 Å². The number of hydrogen-bond acceptors (Lipinski definition) is 6. The van der Waals surface area contributed by atoms with Crippen LogP contribution in [0.25, 0.3) is 6.08 Å². The van der Waals surface area contributed by atoms with Crippen molar-refractivity contribution in [3.8, 4) is 11.5 Å². The quantitative estimate of drug-likeness (QED) is 0.482. The van der Waals surface area contributed by atoms with Crippen LogP contribution in [0.1, 0.15) is 11.1 Å². The van der Waals surface area contributed by atoms with Crippen molar-refractivity contribution in [1.82, 2.24) is 5.01 Å². The lowest BCUT2D eigenvalue weighted by molar-refractivity contribution is -0.114. The Balaban J connectivity index is 1.39. The maximum absolute atomic E-state index is 12.3. The number of fused-ring (bicyclic) bond motifs is 1. The molecule has 0 radical (unpaired) electrons. The molecule has 4 rings (SSSR count). The van der Waals surface area contributed by atoms with Gasteiger partial charge in [0, 0.05) is 0 Å². The summed E-state index contributed by atoms with van der Waals surface area (Å²) in [6.45, 7) is 2.82. The molecule has 0 aromatic heterocycles. The number of halogens is 1. The smallest absolute Gasteiger partial charge is 0.283 e. The molecular formula is C21H17BrN4O3S. The maximum atomic E-state index is 12.3. The summed E-state index contributed by atoms with van der Waals surface area (Å²) < 4.78 is 12.2. The molecular weight excluding hydrogens is 468 g/mol. The van der Waals surface area contributed by atoms with Gasteiger partial charge in [0.15, 0.2) is 11.0 Å². The van der Waals surface area contributed by atoms with Gasteiger partial charge in [-0.2, -0.15) is 15.1 Å². The summed E-state index contributed by atoms with van der Waals surface area (Å²) >= 11 is 4.71. The van der Waals surface area contributed by atoms with Crippen LogP contribution in [-0.4, -0.2) is 40.7 Å². The van der Waals surface area contributed by atoms with Gasteiger partial charge in [-0.15, -0.1) is 0 Å². The number of aryl methyl sites for hydroxylation is 1. The van der Waals surface area contributed by atoms with E-state index in [4.69, 9.17) is 14.9 Å². The summed E-state index contributed by atoms with van der Waals surface area (Å²) in [4.78, 5) is 16.2. The largest absolute Gasteiger partial charge is 0.490 e. The number of amidine groups is 2. The third-order valence-electron chi connectivity index (χ3n) is 4.26. The fourth-order valence-corrected chi connectivity index (χ4v) is 3.96. The standard InChI is InChI=1S/C21H17BrN4O3S/c1-13-3-2-4-15(9-13)28-7-8-29-18-6-5-14(11-17(18)22)10-16-19(23)26-21(25-20(16)27)30-12-24-26/h2-6,9-12,23H,7-8H2,1H3/b16-10-,23-19?. The van der Waals surface area contributed by atoms with Crippen LogP contribution in [0.5, 0.6) is 11.5 Å². The molecule has 2 aliphatic heterocycles. The number of thioether (sulfide) groups is 1. The summed E-state index contributed by atoms with van der Waals surface area (Å²) in [5, 5.41) is 14.0. The molecule has 0 aliphatic carbocycles. The minimum atomic E-state index is -0.450. The highest BCUT2D eigenvalue weighted by atomic mass is 79.9. The molecule has 0 saturated carbocycles. The molecule has 1 N–H and O–H groups in total. The number of hydrogen-bond donors (Lipinski definition) is 1. The molecule has 9 heteroatoms. The predicted octanol–water partition coefficient (Wildman–Crippen LogP) is 4.46. The lowest BCUT2D eigenvalue weighted by Crippen LogP contribution is -2.35. The van der Waals surface area contributed by atoms with Gasteiger partial charge in [0.2, 0.25) is 0 Å². The minimum Gasteiger partial charge on any atom is -0.490 e. The Hall–Kier alpha value is -2.91. The second-order valence-electron chi connectivity index (χ2n) is 6.46. The Bertz CT molecular complexity index is 1110. The Morgan fingerprint density at radius 1 is 1.20 bits per heavy atom. The van der Waals surface area contributed by atoms with Crippen molar-refractivity contribution in [2.45, 2.75) is 6.92 Å². The van der Waals surface area contributed by atoms with Crippen LogP contribution in [0.2, 0.25) is 0 Å². The monoisotopic (exact) mass is 484 g/mol. The normalized spacial score (nSPS) is 16.7. The Kier molecular flexibility index (Phi) is 6.01. The number of nitrogens with zero attached hydrogens (tertiary/aromatic N) is 3. The predicted molar refractivity (Wildman–Crippen MR) is 122 cm³/mol. The van der Waals surface area contributed by atoms with Crippen molar-refractivity contribution in [1.29, 1.82) is 5.41 Å². The number of rotatable bonds is 6. The summed E-state index contributed by atoms with van der Waals surface area (Å²) in [6, 6.07) is 13.3. The van der Waals surface area contributed by atoms with E-state index >= 15 is 0 Å². The van der Waals surface area contributed by atoms with Crippen LogP contribution in [0.15, 0.2) is 62.6 Å². The summed E-state index contributed by atoms with van der Waals surface area (Å²) in [7, 11) is 0. The molecule has 2 aliphatic rings. The molecule has 0 bridgehead atoms. The van der Waals surface area contributed by atoms with E-state index in [0.717, 1.165) is 21.3 Å².